The van der Waals surface area contributed by atoms with Gasteiger partial charge in [-0.1, -0.05) is 24.1 Å². The Morgan fingerprint density at radius 2 is 2.06 bits per heavy atom. The number of likely N-dealkylation sites (N-methyl/N-ethyl adjacent to an activating group) is 1. The van der Waals surface area contributed by atoms with Crippen LogP contribution in [0.1, 0.15) is 43.6 Å². The normalized spacial score (nSPS) is 16.3. The van der Waals surface area contributed by atoms with Gasteiger partial charge in [-0.2, -0.15) is 0 Å². The Hall–Kier alpha value is -3.34. The van der Waals surface area contributed by atoms with Crippen molar-refractivity contribution in [2.24, 2.45) is 0 Å². The SMILES string of the molecule is C#CCn1c(C(=O)N2CCC(N(C)C(=O)CCC(C)(C)[N+](=O)[O-])C2)cc2ccccc21. The minimum absolute atomic E-state index is 0.103. The Morgan fingerprint density at radius 3 is 2.74 bits per heavy atom. The summed E-state index contributed by atoms with van der Waals surface area (Å²) < 4.78 is 1.85. The predicted octanol–water partition coefficient (Wildman–Crippen LogP) is 2.78. The van der Waals surface area contributed by atoms with Crippen LogP contribution in [0, 0.1) is 22.5 Å². The monoisotopic (exact) mass is 424 g/mol. The standard InChI is InChI=1S/C23H28N4O4/c1-5-13-26-19-9-7-6-8-17(19)15-20(26)22(29)25-14-11-18(16-25)24(4)21(28)10-12-23(2,3)27(30)31/h1,6-9,15,18H,10-14,16H2,2-4H3. The van der Waals surface area contributed by atoms with Crippen molar-refractivity contribution in [2.45, 2.75) is 51.2 Å². The maximum atomic E-state index is 13.2. The van der Waals surface area contributed by atoms with Crippen LogP contribution in [0.3, 0.4) is 0 Å². The van der Waals surface area contributed by atoms with Crippen molar-refractivity contribution in [2.75, 3.05) is 20.1 Å². The Morgan fingerprint density at radius 1 is 1.35 bits per heavy atom. The number of rotatable bonds is 7. The van der Waals surface area contributed by atoms with Crippen molar-refractivity contribution in [1.29, 1.82) is 0 Å². The van der Waals surface area contributed by atoms with Gasteiger partial charge < -0.3 is 14.4 Å². The van der Waals surface area contributed by atoms with Crippen LogP contribution in [-0.2, 0) is 11.3 Å². The molecule has 1 unspecified atom stereocenters. The van der Waals surface area contributed by atoms with Gasteiger partial charge in [0.1, 0.15) is 5.69 Å². The van der Waals surface area contributed by atoms with Crippen LogP contribution in [0.4, 0.5) is 0 Å². The molecule has 0 N–H and O–H groups in total. The van der Waals surface area contributed by atoms with Crippen LogP contribution in [0.15, 0.2) is 30.3 Å². The third-order valence-corrected chi connectivity index (χ3v) is 6.12. The highest BCUT2D eigenvalue weighted by Gasteiger charge is 2.35. The van der Waals surface area contributed by atoms with Crippen molar-refractivity contribution >= 4 is 22.7 Å². The predicted molar refractivity (Wildman–Crippen MR) is 118 cm³/mol. The van der Waals surface area contributed by atoms with E-state index in [1.165, 1.54) is 13.8 Å². The second kappa shape index (κ2) is 8.80. The first-order chi connectivity index (χ1) is 14.7. The molecular weight excluding hydrogens is 396 g/mol. The quantitative estimate of drug-likeness (QED) is 0.388. The Labute approximate surface area is 181 Å². The van der Waals surface area contributed by atoms with E-state index >= 15 is 0 Å². The number of hydrogen-bond acceptors (Lipinski definition) is 4. The van der Waals surface area contributed by atoms with Gasteiger partial charge in [-0.3, -0.25) is 19.7 Å². The number of nitrogens with zero attached hydrogens (tertiary/aromatic N) is 4. The maximum Gasteiger partial charge on any atom is 0.270 e. The van der Waals surface area contributed by atoms with E-state index in [2.05, 4.69) is 5.92 Å². The van der Waals surface area contributed by atoms with Crippen LogP contribution < -0.4 is 0 Å². The number of hydrogen-bond donors (Lipinski definition) is 0. The van der Waals surface area contributed by atoms with Crippen molar-refractivity contribution in [3.8, 4) is 12.3 Å². The first kappa shape index (κ1) is 22.3. The number of nitro groups is 1. The van der Waals surface area contributed by atoms with Crippen molar-refractivity contribution in [3.05, 3.63) is 46.1 Å². The van der Waals surface area contributed by atoms with E-state index in [-0.39, 0.29) is 35.6 Å². The lowest BCUT2D eigenvalue weighted by molar-refractivity contribution is -0.561. The van der Waals surface area contributed by atoms with Crippen LogP contribution in [0.2, 0.25) is 0 Å². The molecule has 2 heterocycles. The van der Waals surface area contributed by atoms with Gasteiger partial charge in [0, 0.05) is 62.7 Å². The summed E-state index contributed by atoms with van der Waals surface area (Å²) in [5.74, 6) is 2.37. The molecule has 1 aromatic heterocycles. The third-order valence-electron chi connectivity index (χ3n) is 6.12. The molecule has 1 saturated heterocycles. The highest BCUT2D eigenvalue weighted by molar-refractivity contribution is 5.99. The molecule has 0 radical (unpaired) electrons. The molecule has 1 fully saturated rings. The average molecular weight is 425 g/mol. The van der Waals surface area contributed by atoms with E-state index in [4.69, 9.17) is 6.42 Å². The molecule has 3 rings (SSSR count). The van der Waals surface area contributed by atoms with Gasteiger partial charge in [0.2, 0.25) is 11.4 Å². The summed E-state index contributed by atoms with van der Waals surface area (Å²) in [5, 5.41) is 12.0. The molecular formula is C23H28N4O4. The number of benzene rings is 1. The molecule has 1 aromatic carbocycles. The van der Waals surface area contributed by atoms with Crippen LogP contribution in [0.5, 0.6) is 0 Å². The lowest BCUT2D eigenvalue weighted by atomic mass is 9.99. The fourth-order valence-corrected chi connectivity index (χ4v) is 3.94. The summed E-state index contributed by atoms with van der Waals surface area (Å²) in [6.45, 7) is 4.31. The number of carbonyl (C=O) groups is 2. The summed E-state index contributed by atoms with van der Waals surface area (Å²) in [6.07, 6.45) is 6.47. The molecule has 1 aliphatic heterocycles. The molecule has 0 aliphatic carbocycles. The van der Waals surface area contributed by atoms with Gasteiger partial charge in [0.15, 0.2) is 0 Å². The third kappa shape index (κ3) is 4.55. The Kier molecular flexibility index (Phi) is 6.34. The first-order valence-corrected chi connectivity index (χ1v) is 10.4. The number of likely N-dealkylation sites (tertiary alicyclic amines) is 1. The molecule has 1 atom stereocenters. The summed E-state index contributed by atoms with van der Waals surface area (Å²) in [6, 6.07) is 9.47. The molecule has 8 heteroatoms. The number of carbonyl (C=O) groups excluding carboxylic acids is 2. The molecule has 8 nitrogen and oxygen atoms in total. The molecule has 0 saturated carbocycles. The van der Waals surface area contributed by atoms with Crippen molar-refractivity contribution in [3.63, 3.8) is 0 Å². The molecule has 0 spiro atoms. The van der Waals surface area contributed by atoms with E-state index < -0.39 is 5.54 Å². The minimum atomic E-state index is -1.14. The first-order valence-electron chi connectivity index (χ1n) is 10.4. The van der Waals surface area contributed by atoms with Crippen LogP contribution >= 0.6 is 0 Å². The average Bonchev–Trinajstić information content (AvgIpc) is 3.37. The second-order valence-electron chi connectivity index (χ2n) is 8.65. The van der Waals surface area contributed by atoms with Gasteiger partial charge in [-0.25, -0.2) is 0 Å². The lowest BCUT2D eigenvalue weighted by Crippen LogP contribution is -2.41. The molecule has 31 heavy (non-hydrogen) atoms. The summed E-state index contributed by atoms with van der Waals surface area (Å²) in [7, 11) is 1.70. The Bertz CT molecular complexity index is 1050. The number of aromatic nitrogens is 1. The van der Waals surface area contributed by atoms with E-state index in [0.717, 1.165) is 10.9 Å². The zero-order valence-corrected chi connectivity index (χ0v) is 18.2. The highest BCUT2D eigenvalue weighted by atomic mass is 16.6. The minimum Gasteiger partial charge on any atom is -0.341 e. The number of amides is 2. The van der Waals surface area contributed by atoms with Gasteiger partial charge >= 0.3 is 0 Å². The topological polar surface area (TPSA) is 88.7 Å². The second-order valence-corrected chi connectivity index (χ2v) is 8.65. The summed E-state index contributed by atoms with van der Waals surface area (Å²) in [5.41, 5.74) is 0.320. The van der Waals surface area contributed by atoms with E-state index in [1.807, 2.05) is 34.9 Å². The van der Waals surface area contributed by atoms with Gasteiger partial charge in [0.05, 0.1) is 12.6 Å². The van der Waals surface area contributed by atoms with E-state index in [1.54, 1.807) is 16.8 Å². The summed E-state index contributed by atoms with van der Waals surface area (Å²) in [4.78, 5) is 39.9. The summed E-state index contributed by atoms with van der Waals surface area (Å²) >= 11 is 0. The van der Waals surface area contributed by atoms with E-state index in [0.29, 0.717) is 31.7 Å². The largest absolute Gasteiger partial charge is 0.341 e. The lowest BCUT2D eigenvalue weighted by Gasteiger charge is -2.26. The van der Waals surface area contributed by atoms with Crippen molar-refractivity contribution < 1.29 is 14.5 Å². The molecule has 0 bridgehead atoms. The fraction of sp³-hybridized carbons (Fsp3) is 0.478. The number of para-hydroxylation sites is 1. The molecule has 164 valence electrons. The molecule has 2 amide bonds. The molecule has 1 aliphatic rings. The fourth-order valence-electron chi connectivity index (χ4n) is 3.94. The van der Waals surface area contributed by atoms with Gasteiger partial charge in [-0.15, -0.1) is 6.42 Å². The van der Waals surface area contributed by atoms with Crippen molar-refractivity contribution in [1.82, 2.24) is 14.4 Å². The highest BCUT2D eigenvalue weighted by Crippen LogP contribution is 2.24. The number of terminal acetylenes is 1. The smallest absolute Gasteiger partial charge is 0.270 e. The zero-order chi connectivity index (χ0) is 22.8. The van der Waals surface area contributed by atoms with Gasteiger partial charge in [-0.05, 0) is 18.6 Å². The maximum absolute atomic E-state index is 13.2. The van der Waals surface area contributed by atoms with Crippen LogP contribution in [0.25, 0.3) is 10.9 Å². The molecule has 2 aromatic rings. The number of fused-ring (bicyclic) bond motifs is 1. The Balaban J connectivity index is 1.68. The zero-order valence-electron chi connectivity index (χ0n) is 18.2. The van der Waals surface area contributed by atoms with E-state index in [9.17, 15) is 19.7 Å². The van der Waals surface area contributed by atoms with Gasteiger partial charge in [0.25, 0.3) is 5.91 Å². The van der Waals surface area contributed by atoms with Crippen LogP contribution in [-0.4, -0.2) is 62.8 Å².